The van der Waals surface area contributed by atoms with Gasteiger partial charge in [-0.1, -0.05) is 96.9 Å². The van der Waals surface area contributed by atoms with E-state index < -0.39 is 46.2 Å². The van der Waals surface area contributed by atoms with Gasteiger partial charge in [-0.2, -0.15) is 23.9 Å². The number of para-hydroxylation sites is 3. The van der Waals surface area contributed by atoms with Crippen molar-refractivity contribution >= 4 is 72.8 Å². The van der Waals surface area contributed by atoms with E-state index in [1.54, 1.807) is 23.5 Å². The number of rotatable bonds is 14. The monoisotopic (exact) mass is 1950 g/mol. The molecular formula is C82H102Cs2F8LiN13O12S2. The molecule has 6 aromatic heterocycles. The molecule has 1 saturated carbocycles. The predicted molar refractivity (Wildman–Crippen MR) is 428 cm³/mol. The molecular weight excluding hydrogens is 1850 g/mol. The van der Waals surface area contributed by atoms with Crippen molar-refractivity contribution in [3.8, 4) is 17.4 Å². The number of aromatic amines is 1. The van der Waals surface area contributed by atoms with Crippen LogP contribution in [0.4, 0.5) is 44.4 Å². The van der Waals surface area contributed by atoms with Gasteiger partial charge in [0.1, 0.15) is 40.0 Å². The van der Waals surface area contributed by atoms with Crippen molar-refractivity contribution < 1.29 is 250 Å². The fraction of sp³-hybridized carbons (Fsp3) is 0.439. The van der Waals surface area contributed by atoms with E-state index in [9.17, 15) is 49.0 Å². The Morgan fingerprint density at radius 1 is 0.650 bits per heavy atom. The molecule has 15 rings (SSSR count). The Balaban J connectivity index is 0.000000481. The summed E-state index contributed by atoms with van der Waals surface area (Å²) in [6.07, 6.45) is 22.6. The molecule has 0 atom stereocenters. The first-order valence-electron chi connectivity index (χ1n) is 37.9. The van der Waals surface area contributed by atoms with Gasteiger partial charge in [-0.25, -0.2) is 38.7 Å². The number of benzene rings is 4. The number of hydrogen-bond acceptors (Lipinski definition) is 25. The minimum Gasteiger partial charge on any atom is -1.00 e. The molecule has 4 saturated heterocycles. The van der Waals surface area contributed by atoms with Gasteiger partial charge in [-0.3, -0.25) is 34.3 Å². The second-order valence-corrected chi connectivity index (χ2v) is 30.5. The van der Waals surface area contributed by atoms with E-state index in [1.807, 2.05) is 72.8 Å². The summed E-state index contributed by atoms with van der Waals surface area (Å²) in [6, 6.07) is 29.0. The molecule has 25 nitrogen and oxygen atoms in total. The van der Waals surface area contributed by atoms with Crippen LogP contribution >= 0.6 is 22.7 Å². The summed E-state index contributed by atoms with van der Waals surface area (Å²) in [4.78, 5) is 75.1. The number of alkyl halides is 2. The third-order valence-corrected chi connectivity index (χ3v) is 20.2. The van der Waals surface area contributed by atoms with Crippen LogP contribution in [-0.4, -0.2) is 153 Å². The Bertz CT molecular complexity index is 4420. The van der Waals surface area contributed by atoms with E-state index in [0.29, 0.717) is 117 Å². The molecule has 1 aliphatic carbocycles. The number of aromatic nitrogens is 11. The summed E-state index contributed by atoms with van der Waals surface area (Å²) in [5.74, 6) is -0.720. The zero-order chi connectivity index (χ0) is 85.3. The first-order valence-corrected chi connectivity index (χ1v) is 40.0. The number of ketones is 2. The van der Waals surface area contributed by atoms with Crippen LogP contribution in [0.3, 0.4) is 0 Å². The third-order valence-electron chi connectivity index (χ3n) is 18.1. The Hall–Kier alpha value is -5.02. The van der Waals surface area contributed by atoms with Crippen LogP contribution < -0.4 is 172 Å². The SMILES string of the molecule is CC1(C)CCCC(C)(C)C1.CCN(CC)S(F)(F)F.FC1(c2nccnc2Oc2ccc(Nc3nc4ccccc4s3)cc2)CCOCC1.Fc1cnccn1.Fc1nccnc1C1(F)CCOCC1.O=C(c1ccc(O)cc1)c1nc2ccccc2[nH]1.O=C1CCOCC1.O=CO[O-].OC1(c2nccnc2F)CCOCC1.[CH2-]CCC.[Cs+].[Cs+].[H-].[Li+]. The molecule has 4 aliphatic heterocycles. The van der Waals surface area contributed by atoms with Gasteiger partial charge in [-0.15, -0.1) is 11.7 Å². The van der Waals surface area contributed by atoms with Crippen molar-refractivity contribution in [3.63, 3.8) is 0 Å². The van der Waals surface area contributed by atoms with Gasteiger partial charge in [0.15, 0.2) is 22.3 Å². The molecule has 638 valence electrons. The average molecular weight is 1950 g/mol. The maximum absolute atomic E-state index is 15.4. The van der Waals surface area contributed by atoms with Gasteiger partial charge in [0.05, 0.1) is 67.1 Å². The van der Waals surface area contributed by atoms with Crippen molar-refractivity contribution in [3.05, 3.63) is 206 Å². The molecule has 10 aromatic rings. The Kier molecular flexibility index (Phi) is 51.7. The largest absolute Gasteiger partial charge is 1.00 e. The Labute approximate surface area is 831 Å². The van der Waals surface area contributed by atoms with Crippen LogP contribution in [0.1, 0.15) is 173 Å². The molecule has 10 heterocycles. The normalized spacial score (nSPS) is 16.2. The number of Topliss-reactive ketones (excluding diaryl/α,β-unsaturated/α-hetero) is 1. The maximum atomic E-state index is 15.4. The summed E-state index contributed by atoms with van der Waals surface area (Å²) >= 11 is -3.34. The van der Waals surface area contributed by atoms with Crippen LogP contribution in [-0.2, 0) is 50.4 Å². The fourth-order valence-electron chi connectivity index (χ4n) is 12.3. The third kappa shape index (κ3) is 38.4. The Morgan fingerprint density at radius 3 is 1.56 bits per heavy atom. The predicted octanol–water partition coefficient (Wildman–Crippen LogP) is 8.78. The number of unbranched alkanes of at least 4 members (excludes halogenated alkanes) is 1. The number of nitrogens with zero attached hydrogens (tertiary/aromatic N) is 11. The van der Waals surface area contributed by atoms with E-state index in [-0.39, 0.29) is 238 Å². The zero-order valence-corrected chi connectivity index (χ0v) is 83.6. The van der Waals surface area contributed by atoms with Gasteiger partial charge < -0.3 is 62.7 Å². The van der Waals surface area contributed by atoms with Gasteiger partial charge in [-0.05, 0) is 103 Å². The number of phenolic OH excluding ortho intramolecular Hbond substituents is 1. The number of imidazole rings is 1. The van der Waals surface area contributed by atoms with Gasteiger partial charge in [0.25, 0.3) is 17.8 Å². The summed E-state index contributed by atoms with van der Waals surface area (Å²) in [6.45, 7) is 21.7. The number of carbonyl (C=O) groups excluding carboxylic acids is 3. The molecule has 4 aromatic carbocycles. The number of H-pyrrole nitrogens is 1. The van der Waals surface area contributed by atoms with Crippen molar-refractivity contribution in [1.82, 2.24) is 59.1 Å². The molecule has 0 spiro atoms. The first-order chi connectivity index (χ1) is 55.9. The zero-order valence-electron chi connectivity index (χ0n) is 70.4. The minimum atomic E-state index is -4.93. The van der Waals surface area contributed by atoms with Crippen molar-refractivity contribution in [2.75, 3.05) is 71.3 Å². The van der Waals surface area contributed by atoms with Crippen LogP contribution in [0.5, 0.6) is 17.4 Å². The smallest absolute Gasteiger partial charge is 1.00 e. The van der Waals surface area contributed by atoms with E-state index in [0.717, 1.165) is 44.7 Å². The minimum absolute atomic E-state index is 0. The molecule has 38 heteroatoms. The van der Waals surface area contributed by atoms with E-state index in [4.69, 9.17) is 33.7 Å². The number of phenols is 1. The second kappa shape index (κ2) is 56.8. The molecule has 5 fully saturated rings. The molecule has 0 bridgehead atoms. The summed E-state index contributed by atoms with van der Waals surface area (Å²) < 4.78 is 131. The number of anilines is 2. The number of fused-ring (bicyclic) bond motifs is 2. The molecule has 4 N–H and O–H groups in total. The number of aromatic hydroxyl groups is 1. The average Bonchev–Trinajstić information content (AvgIpc) is 1.55. The molecule has 0 amide bonds. The standard InChI is InChI=1S/C22H19FN4O2S.C14H10N2O2.C10H20.C9H10F2N2O.C9H11FN2O2.C5H8O2.C4H10F3NS.C4H3FN2.C4H9.CH2O3.2Cs.Li.H/c23-22(9-13-28-14-10-22)19-20(25-12-11-24-19)29-16-7-5-15(6-8-16)26-21-27-17-3-1-2-4-18(17)30-21;17-10-7-5-9(6-8-10)13(18)14-15-11-3-1-2-4-12(11)16-14;1-9(2)6-5-7-10(3,4)8-9;10-8-7(12-3-4-13-8)9(11)1-5-14-6-2-9;10-8-7(11-3-4-12-8)9(13)1-5-14-6-2-9;6-5-1-3-7-4-2-5;1-3-8(4-2)9(5,6)7;5-4-3-6-1-2-7-4;1-3-4-2;2-1-4-3;;;;/h1-8,11-12H,9-10,13-14H2,(H,26,27);1-8,17H,(H,15,16);5-8H2,1-4H3;3-4H,1-2,5-6H2;3-4,13H,1-2,5-6H2;1-4H2;3-4H2,1-2H3;1-3H;1,3-4H2,2H3;1,3H;;;;/q;;;;;;;;-1;;3*+1;-1/p-1. The molecule has 0 unspecified atom stereocenters. The first kappa shape index (κ1) is 109. The van der Waals surface area contributed by atoms with Crippen molar-refractivity contribution in [1.29, 1.82) is 0 Å². The quantitative estimate of drug-likeness (QED) is 0.0150. The number of hydrogen-bond donors (Lipinski definition) is 4. The second-order valence-electron chi connectivity index (χ2n) is 28.2. The number of halogens is 8. The van der Waals surface area contributed by atoms with Crippen LogP contribution in [0.15, 0.2) is 153 Å². The number of ether oxygens (including phenoxy) is 5. The number of nitrogens with one attached hydrogen (secondary N) is 2. The van der Waals surface area contributed by atoms with Gasteiger partial charge in [0, 0.05) is 138 Å². The number of thiazole rings is 1. The van der Waals surface area contributed by atoms with Crippen LogP contribution in [0.25, 0.3) is 21.3 Å². The maximum Gasteiger partial charge on any atom is 1.00 e. The topological polar surface area (TPSA) is 330 Å². The van der Waals surface area contributed by atoms with Gasteiger partial charge in [0.2, 0.25) is 29.5 Å². The Morgan fingerprint density at radius 2 is 1.12 bits per heavy atom. The van der Waals surface area contributed by atoms with Crippen molar-refractivity contribution in [2.24, 2.45) is 10.8 Å². The fourth-order valence-corrected chi connectivity index (χ4v) is 13.7. The van der Waals surface area contributed by atoms with E-state index >= 15 is 4.39 Å². The number of aliphatic hydroxyl groups is 1. The van der Waals surface area contributed by atoms with E-state index in [1.165, 1.54) is 108 Å². The van der Waals surface area contributed by atoms with Gasteiger partial charge >= 0.3 is 157 Å². The van der Waals surface area contributed by atoms with Crippen molar-refractivity contribution in [2.45, 2.75) is 155 Å². The summed E-state index contributed by atoms with van der Waals surface area (Å²) in [7, 11) is 0. The molecule has 5 aliphatic rings. The van der Waals surface area contributed by atoms with E-state index in [2.05, 4.69) is 107 Å². The molecule has 120 heavy (non-hydrogen) atoms. The summed E-state index contributed by atoms with van der Waals surface area (Å²) in [5, 5.41) is 31.8. The van der Waals surface area contributed by atoms with Crippen LogP contribution in [0, 0.1) is 35.6 Å². The number of carbonyl (C=O) groups is 3. The molecule has 0 radical (unpaired) electrons. The summed E-state index contributed by atoms with van der Waals surface area (Å²) in [5.41, 5.74) is 0.718. The van der Waals surface area contributed by atoms with Crippen LogP contribution in [0.2, 0.25) is 0 Å².